The standard InChI is InChI=1S/C11H13NO4/c1-11(9(13)14,10(15)16-2)7-8-3-5-12-6-4-8/h3-6H,7H2,1-2H3,(H,13,14). The van der Waals surface area contributed by atoms with Crippen molar-refractivity contribution in [3.05, 3.63) is 30.1 Å². The van der Waals surface area contributed by atoms with Crippen LogP contribution in [0, 0.1) is 5.41 Å². The fourth-order valence-electron chi connectivity index (χ4n) is 1.37. The fourth-order valence-corrected chi connectivity index (χ4v) is 1.37. The molecule has 0 saturated heterocycles. The van der Waals surface area contributed by atoms with Crippen molar-refractivity contribution < 1.29 is 19.4 Å². The Balaban J connectivity index is 2.97. The van der Waals surface area contributed by atoms with Crippen molar-refractivity contribution in [2.24, 2.45) is 5.41 Å². The minimum atomic E-state index is -1.56. The van der Waals surface area contributed by atoms with Crippen molar-refractivity contribution in [2.75, 3.05) is 7.11 Å². The molecule has 1 unspecified atom stereocenters. The van der Waals surface area contributed by atoms with Gasteiger partial charge in [-0.1, -0.05) is 0 Å². The highest BCUT2D eigenvalue weighted by molar-refractivity contribution is 5.98. The van der Waals surface area contributed by atoms with Gasteiger partial charge in [-0.05, 0) is 31.0 Å². The molecule has 86 valence electrons. The fraction of sp³-hybridized carbons (Fsp3) is 0.364. The van der Waals surface area contributed by atoms with Gasteiger partial charge in [-0.15, -0.1) is 0 Å². The summed E-state index contributed by atoms with van der Waals surface area (Å²) < 4.78 is 4.51. The Morgan fingerprint density at radius 2 is 2.00 bits per heavy atom. The molecule has 1 N–H and O–H groups in total. The molecule has 5 nitrogen and oxygen atoms in total. The van der Waals surface area contributed by atoms with E-state index in [9.17, 15) is 9.59 Å². The van der Waals surface area contributed by atoms with Crippen LogP contribution in [-0.4, -0.2) is 29.1 Å². The van der Waals surface area contributed by atoms with E-state index in [2.05, 4.69) is 9.72 Å². The molecule has 1 atom stereocenters. The van der Waals surface area contributed by atoms with Gasteiger partial charge in [-0.25, -0.2) is 0 Å². The van der Waals surface area contributed by atoms with Crippen LogP contribution in [0.5, 0.6) is 0 Å². The van der Waals surface area contributed by atoms with Gasteiger partial charge in [-0.2, -0.15) is 0 Å². The number of hydrogen-bond acceptors (Lipinski definition) is 4. The number of nitrogens with zero attached hydrogens (tertiary/aromatic N) is 1. The zero-order valence-corrected chi connectivity index (χ0v) is 9.14. The SMILES string of the molecule is COC(=O)C(C)(Cc1ccncc1)C(=O)O. The summed E-state index contributed by atoms with van der Waals surface area (Å²) in [6.45, 7) is 1.35. The second kappa shape index (κ2) is 4.74. The lowest BCUT2D eigenvalue weighted by Gasteiger charge is -2.21. The van der Waals surface area contributed by atoms with Crippen molar-refractivity contribution in [1.82, 2.24) is 4.98 Å². The summed E-state index contributed by atoms with van der Waals surface area (Å²) in [6, 6.07) is 3.34. The highest BCUT2D eigenvalue weighted by atomic mass is 16.5. The lowest BCUT2D eigenvalue weighted by atomic mass is 9.84. The third-order valence-corrected chi connectivity index (χ3v) is 2.41. The lowest BCUT2D eigenvalue weighted by Crippen LogP contribution is -2.39. The van der Waals surface area contributed by atoms with Gasteiger partial charge in [0.1, 0.15) is 0 Å². The van der Waals surface area contributed by atoms with Crippen molar-refractivity contribution in [2.45, 2.75) is 13.3 Å². The molecule has 0 amide bonds. The van der Waals surface area contributed by atoms with E-state index in [0.717, 1.165) is 5.56 Å². The molecule has 0 fully saturated rings. The number of carboxylic acid groups (broad SMARTS) is 1. The van der Waals surface area contributed by atoms with Crippen molar-refractivity contribution in [3.63, 3.8) is 0 Å². The van der Waals surface area contributed by atoms with E-state index in [0.29, 0.717) is 0 Å². The third-order valence-electron chi connectivity index (χ3n) is 2.41. The molecule has 16 heavy (non-hydrogen) atoms. The first kappa shape index (κ1) is 12.2. The quantitative estimate of drug-likeness (QED) is 0.606. The summed E-state index contributed by atoms with van der Waals surface area (Å²) >= 11 is 0. The summed E-state index contributed by atoms with van der Waals surface area (Å²) in [5.41, 5.74) is -0.832. The molecule has 0 aliphatic carbocycles. The van der Waals surface area contributed by atoms with Crippen LogP contribution < -0.4 is 0 Å². The van der Waals surface area contributed by atoms with Crippen LogP contribution in [0.2, 0.25) is 0 Å². The van der Waals surface area contributed by atoms with Crippen LogP contribution in [0.15, 0.2) is 24.5 Å². The maximum absolute atomic E-state index is 11.5. The lowest BCUT2D eigenvalue weighted by molar-refractivity contribution is -0.165. The second-order valence-corrected chi connectivity index (χ2v) is 3.66. The predicted octanol–water partition coefficient (Wildman–Crippen LogP) is 0.888. The van der Waals surface area contributed by atoms with Gasteiger partial charge in [0.15, 0.2) is 5.41 Å². The molecule has 1 aromatic rings. The molecule has 1 heterocycles. The third kappa shape index (κ3) is 2.36. The number of carbonyl (C=O) groups excluding carboxylic acids is 1. The molecule has 0 spiro atoms. The number of esters is 1. The molecule has 0 aliphatic heterocycles. The van der Waals surface area contributed by atoms with E-state index >= 15 is 0 Å². The highest BCUT2D eigenvalue weighted by Gasteiger charge is 2.42. The number of ether oxygens (including phenoxy) is 1. The van der Waals surface area contributed by atoms with E-state index in [4.69, 9.17) is 5.11 Å². The normalized spacial score (nSPS) is 13.9. The van der Waals surface area contributed by atoms with Gasteiger partial charge in [0.25, 0.3) is 0 Å². The predicted molar refractivity (Wildman–Crippen MR) is 55.7 cm³/mol. The number of methoxy groups -OCH3 is 1. The maximum atomic E-state index is 11.5. The summed E-state index contributed by atoms with van der Waals surface area (Å²) in [4.78, 5) is 26.4. The monoisotopic (exact) mass is 223 g/mol. The molecular formula is C11H13NO4. The first-order chi connectivity index (χ1) is 7.50. The molecule has 0 saturated carbocycles. The maximum Gasteiger partial charge on any atom is 0.323 e. The Hall–Kier alpha value is -1.91. The van der Waals surface area contributed by atoms with Crippen molar-refractivity contribution in [3.8, 4) is 0 Å². The van der Waals surface area contributed by atoms with Crippen LogP contribution in [0.1, 0.15) is 12.5 Å². The molecule has 1 rings (SSSR count). The van der Waals surface area contributed by atoms with E-state index in [-0.39, 0.29) is 6.42 Å². The molecular weight excluding hydrogens is 210 g/mol. The number of carbonyl (C=O) groups is 2. The zero-order chi connectivity index (χ0) is 12.2. The average molecular weight is 223 g/mol. The van der Waals surface area contributed by atoms with Crippen molar-refractivity contribution >= 4 is 11.9 Å². The zero-order valence-electron chi connectivity index (χ0n) is 9.14. The number of hydrogen-bond donors (Lipinski definition) is 1. The van der Waals surface area contributed by atoms with Gasteiger partial charge in [0.05, 0.1) is 7.11 Å². The number of pyridine rings is 1. The van der Waals surface area contributed by atoms with Gasteiger partial charge < -0.3 is 9.84 Å². The van der Waals surface area contributed by atoms with Crippen LogP contribution in [0.3, 0.4) is 0 Å². The molecule has 5 heteroatoms. The summed E-state index contributed by atoms with van der Waals surface area (Å²) in [7, 11) is 1.18. The van der Waals surface area contributed by atoms with E-state index < -0.39 is 17.4 Å². The smallest absolute Gasteiger partial charge is 0.323 e. The van der Waals surface area contributed by atoms with Gasteiger partial charge in [0, 0.05) is 12.4 Å². The van der Waals surface area contributed by atoms with Crippen molar-refractivity contribution in [1.29, 1.82) is 0 Å². The largest absolute Gasteiger partial charge is 0.480 e. The van der Waals surface area contributed by atoms with Crippen LogP contribution in [0.4, 0.5) is 0 Å². The second-order valence-electron chi connectivity index (χ2n) is 3.66. The van der Waals surface area contributed by atoms with Crippen LogP contribution in [0.25, 0.3) is 0 Å². The highest BCUT2D eigenvalue weighted by Crippen LogP contribution is 2.24. The average Bonchev–Trinajstić information content (AvgIpc) is 2.28. The molecule has 0 aromatic carbocycles. The molecule has 0 bridgehead atoms. The minimum absolute atomic E-state index is 0.0809. The molecule has 0 aliphatic rings. The summed E-state index contributed by atoms with van der Waals surface area (Å²) in [6.07, 6.45) is 3.18. The number of aromatic nitrogens is 1. The summed E-state index contributed by atoms with van der Waals surface area (Å²) in [5, 5.41) is 9.08. The Kier molecular flexibility index (Phi) is 3.60. The van der Waals surface area contributed by atoms with Gasteiger partial charge in [0.2, 0.25) is 0 Å². The first-order valence-corrected chi connectivity index (χ1v) is 4.71. The first-order valence-electron chi connectivity index (χ1n) is 4.71. The number of carboxylic acids is 1. The Bertz CT molecular complexity index is 390. The summed E-state index contributed by atoms with van der Waals surface area (Å²) in [5.74, 6) is -1.95. The van der Waals surface area contributed by atoms with Crippen LogP contribution >= 0.6 is 0 Å². The number of aliphatic carboxylic acids is 1. The van der Waals surface area contributed by atoms with E-state index in [1.165, 1.54) is 14.0 Å². The molecule has 0 radical (unpaired) electrons. The van der Waals surface area contributed by atoms with Crippen LogP contribution in [-0.2, 0) is 20.7 Å². The Morgan fingerprint density at radius 3 is 2.44 bits per heavy atom. The van der Waals surface area contributed by atoms with E-state index in [1.54, 1.807) is 24.5 Å². The van der Waals surface area contributed by atoms with Gasteiger partial charge >= 0.3 is 11.9 Å². The molecule has 1 aromatic heterocycles. The van der Waals surface area contributed by atoms with Gasteiger partial charge in [-0.3, -0.25) is 14.6 Å². The van der Waals surface area contributed by atoms with E-state index in [1.807, 2.05) is 0 Å². The minimum Gasteiger partial charge on any atom is -0.480 e. The Morgan fingerprint density at radius 1 is 1.44 bits per heavy atom. The topological polar surface area (TPSA) is 76.5 Å². The Labute approximate surface area is 93.1 Å². The number of rotatable bonds is 4.